The van der Waals surface area contributed by atoms with E-state index in [-0.39, 0.29) is 5.75 Å². The predicted molar refractivity (Wildman–Crippen MR) is 75.8 cm³/mol. The molecule has 0 unspecified atom stereocenters. The van der Waals surface area contributed by atoms with Gasteiger partial charge in [0.1, 0.15) is 0 Å². The molecule has 1 aromatic heterocycles. The van der Waals surface area contributed by atoms with Gasteiger partial charge >= 0.3 is 0 Å². The molecule has 1 heterocycles. The zero-order valence-corrected chi connectivity index (χ0v) is 11.6. The van der Waals surface area contributed by atoms with E-state index in [9.17, 15) is 8.42 Å². The van der Waals surface area contributed by atoms with Crippen LogP contribution in [0.1, 0.15) is 24.8 Å². The minimum atomic E-state index is -3.79. The van der Waals surface area contributed by atoms with Crippen molar-refractivity contribution in [1.82, 2.24) is 0 Å². The van der Waals surface area contributed by atoms with Gasteiger partial charge in [0.05, 0.1) is 5.75 Å². The van der Waals surface area contributed by atoms with Gasteiger partial charge in [0.25, 0.3) is 10.1 Å². The lowest BCUT2D eigenvalue weighted by molar-refractivity contribution is 0.479. The number of aryl methyl sites for hydroxylation is 1. The number of thiophene rings is 1. The van der Waals surface area contributed by atoms with E-state index in [1.54, 1.807) is 11.3 Å². The highest BCUT2D eigenvalue weighted by atomic mass is 32.2. The minimum Gasteiger partial charge on any atom is -0.286 e. The molecular weight excluding hydrogens is 268 g/mol. The lowest BCUT2D eigenvalue weighted by Gasteiger charge is -2.00. The van der Waals surface area contributed by atoms with Crippen LogP contribution >= 0.6 is 11.3 Å². The van der Waals surface area contributed by atoms with E-state index in [2.05, 4.69) is 17.5 Å². The first-order valence-electron chi connectivity index (χ1n) is 5.96. The summed E-state index contributed by atoms with van der Waals surface area (Å²) in [5.41, 5.74) is 1.34. The predicted octanol–water partition coefficient (Wildman–Crippen LogP) is 3.50. The fourth-order valence-electron chi connectivity index (χ4n) is 2.00. The van der Waals surface area contributed by atoms with Crippen molar-refractivity contribution in [3.63, 3.8) is 0 Å². The fraction of sp³-hybridized carbons (Fsp3) is 0.385. The number of hydrogen-bond donors (Lipinski definition) is 1. The van der Waals surface area contributed by atoms with E-state index in [1.807, 2.05) is 12.1 Å². The monoisotopic (exact) mass is 284 g/mol. The normalized spacial score (nSPS) is 12.1. The first kappa shape index (κ1) is 13.5. The molecule has 5 heteroatoms. The van der Waals surface area contributed by atoms with Gasteiger partial charge in [0, 0.05) is 4.70 Å². The van der Waals surface area contributed by atoms with Crippen LogP contribution in [-0.4, -0.2) is 18.7 Å². The summed E-state index contributed by atoms with van der Waals surface area (Å²) in [7, 11) is -3.79. The van der Waals surface area contributed by atoms with Gasteiger partial charge in [0.2, 0.25) is 0 Å². The van der Waals surface area contributed by atoms with Gasteiger partial charge in [-0.2, -0.15) is 8.42 Å². The SMILES string of the molecule is O=S(=O)(O)CCCCCc1csc2ccccc12. The maximum Gasteiger partial charge on any atom is 0.264 e. The third-order valence-electron chi connectivity index (χ3n) is 2.91. The zero-order chi connectivity index (χ0) is 13.0. The summed E-state index contributed by atoms with van der Waals surface area (Å²) in [6.07, 6.45) is 3.27. The van der Waals surface area contributed by atoms with Crippen LogP contribution in [0.4, 0.5) is 0 Å². The van der Waals surface area contributed by atoms with Crippen molar-refractivity contribution in [2.75, 3.05) is 5.75 Å². The zero-order valence-electron chi connectivity index (χ0n) is 10.0. The molecule has 18 heavy (non-hydrogen) atoms. The summed E-state index contributed by atoms with van der Waals surface area (Å²) in [4.78, 5) is 0. The molecule has 2 rings (SSSR count). The highest BCUT2D eigenvalue weighted by molar-refractivity contribution is 7.85. The largest absolute Gasteiger partial charge is 0.286 e. The molecule has 0 radical (unpaired) electrons. The van der Waals surface area contributed by atoms with Gasteiger partial charge in [-0.1, -0.05) is 24.6 Å². The molecule has 0 atom stereocenters. The Balaban J connectivity index is 1.84. The Morgan fingerprint density at radius 2 is 1.89 bits per heavy atom. The average molecular weight is 284 g/mol. The Morgan fingerprint density at radius 1 is 1.11 bits per heavy atom. The van der Waals surface area contributed by atoms with Crippen LogP contribution < -0.4 is 0 Å². The molecule has 0 fully saturated rings. The lowest BCUT2D eigenvalue weighted by atomic mass is 10.1. The third-order valence-corrected chi connectivity index (χ3v) is 4.73. The van der Waals surface area contributed by atoms with E-state index in [0.717, 1.165) is 19.3 Å². The molecule has 0 aliphatic carbocycles. The van der Waals surface area contributed by atoms with Gasteiger partial charge in [-0.15, -0.1) is 11.3 Å². The summed E-state index contributed by atoms with van der Waals surface area (Å²) in [6.45, 7) is 0. The number of unbranched alkanes of at least 4 members (excludes halogenated alkanes) is 2. The van der Waals surface area contributed by atoms with Crippen molar-refractivity contribution in [1.29, 1.82) is 0 Å². The van der Waals surface area contributed by atoms with Crippen LogP contribution in [0.5, 0.6) is 0 Å². The van der Waals surface area contributed by atoms with Crippen LogP contribution in [0, 0.1) is 0 Å². The molecule has 0 bridgehead atoms. The Labute approximate surface area is 111 Å². The smallest absolute Gasteiger partial charge is 0.264 e. The highest BCUT2D eigenvalue weighted by Gasteiger charge is 2.05. The van der Waals surface area contributed by atoms with E-state index in [1.165, 1.54) is 15.6 Å². The van der Waals surface area contributed by atoms with Gasteiger partial charge in [0.15, 0.2) is 0 Å². The first-order valence-corrected chi connectivity index (χ1v) is 8.45. The summed E-state index contributed by atoms with van der Waals surface area (Å²) < 4.78 is 31.0. The second-order valence-corrected chi connectivity index (χ2v) is 6.84. The second-order valence-electron chi connectivity index (χ2n) is 4.35. The molecule has 0 spiro atoms. The fourth-order valence-corrected chi connectivity index (χ4v) is 3.57. The molecule has 1 N–H and O–H groups in total. The van der Waals surface area contributed by atoms with E-state index < -0.39 is 10.1 Å². The van der Waals surface area contributed by atoms with Gasteiger partial charge < -0.3 is 0 Å². The van der Waals surface area contributed by atoms with Crippen LogP contribution in [-0.2, 0) is 16.5 Å². The second kappa shape index (κ2) is 5.82. The topological polar surface area (TPSA) is 54.4 Å². The molecule has 0 aliphatic rings. The van der Waals surface area contributed by atoms with E-state index in [4.69, 9.17) is 4.55 Å². The molecular formula is C13H16O3S2. The summed E-state index contributed by atoms with van der Waals surface area (Å²) in [5.74, 6) is -0.128. The Kier molecular flexibility index (Phi) is 4.37. The lowest BCUT2D eigenvalue weighted by Crippen LogP contribution is -2.03. The molecule has 2 aromatic rings. The van der Waals surface area contributed by atoms with Crippen molar-refractivity contribution in [3.05, 3.63) is 35.2 Å². The molecule has 0 saturated heterocycles. The van der Waals surface area contributed by atoms with Crippen molar-refractivity contribution >= 4 is 31.5 Å². The maximum absolute atomic E-state index is 10.6. The minimum absolute atomic E-state index is 0.128. The van der Waals surface area contributed by atoms with Crippen molar-refractivity contribution in [2.24, 2.45) is 0 Å². The summed E-state index contributed by atoms with van der Waals surface area (Å²) in [5, 5.41) is 3.48. The molecule has 0 saturated carbocycles. The molecule has 3 nitrogen and oxygen atoms in total. The first-order chi connectivity index (χ1) is 8.56. The van der Waals surface area contributed by atoms with Crippen LogP contribution in [0.15, 0.2) is 29.6 Å². The Morgan fingerprint density at radius 3 is 2.67 bits per heavy atom. The van der Waals surface area contributed by atoms with Crippen LogP contribution in [0.2, 0.25) is 0 Å². The van der Waals surface area contributed by atoms with Crippen molar-refractivity contribution in [2.45, 2.75) is 25.7 Å². The molecule has 0 amide bonds. The van der Waals surface area contributed by atoms with Gasteiger partial charge in [-0.3, -0.25) is 4.55 Å². The molecule has 1 aromatic carbocycles. The van der Waals surface area contributed by atoms with Crippen LogP contribution in [0.3, 0.4) is 0 Å². The quantitative estimate of drug-likeness (QED) is 0.652. The summed E-state index contributed by atoms with van der Waals surface area (Å²) in [6, 6.07) is 8.31. The third kappa shape index (κ3) is 3.80. The number of benzene rings is 1. The number of hydrogen-bond acceptors (Lipinski definition) is 3. The molecule has 98 valence electrons. The van der Waals surface area contributed by atoms with Crippen molar-refractivity contribution in [3.8, 4) is 0 Å². The summed E-state index contributed by atoms with van der Waals surface area (Å²) >= 11 is 1.75. The maximum atomic E-state index is 10.6. The Bertz CT molecular complexity index is 614. The van der Waals surface area contributed by atoms with E-state index >= 15 is 0 Å². The Hall–Kier alpha value is -0.910. The van der Waals surface area contributed by atoms with Gasteiger partial charge in [-0.25, -0.2) is 0 Å². The number of fused-ring (bicyclic) bond motifs is 1. The molecule has 0 aliphatic heterocycles. The highest BCUT2D eigenvalue weighted by Crippen LogP contribution is 2.26. The number of rotatable bonds is 6. The average Bonchev–Trinajstić information content (AvgIpc) is 2.71. The van der Waals surface area contributed by atoms with Crippen molar-refractivity contribution < 1.29 is 13.0 Å². The van der Waals surface area contributed by atoms with Gasteiger partial charge in [-0.05, 0) is 41.7 Å². The van der Waals surface area contributed by atoms with Crippen LogP contribution in [0.25, 0.3) is 10.1 Å². The van der Waals surface area contributed by atoms with E-state index in [0.29, 0.717) is 6.42 Å². The standard InChI is InChI=1S/C13H16O3S2/c14-18(15,16)9-5-1-2-6-11-10-17-13-8-4-3-7-12(11)13/h3-4,7-8,10H,1-2,5-6,9H2,(H,14,15,16).